The van der Waals surface area contributed by atoms with E-state index in [1.54, 1.807) is 31.2 Å². The van der Waals surface area contributed by atoms with Gasteiger partial charge in [-0.25, -0.2) is 9.37 Å². The predicted molar refractivity (Wildman–Crippen MR) is 60.8 cm³/mol. The van der Waals surface area contributed by atoms with Crippen molar-refractivity contribution in [1.82, 2.24) is 4.98 Å². The number of hydrogen-bond donors (Lipinski definition) is 0. The first-order valence-corrected chi connectivity index (χ1v) is 5.05. The molecule has 1 aromatic heterocycles. The average Bonchev–Trinajstić information content (AvgIpc) is 2.35. The van der Waals surface area contributed by atoms with Gasteiger partial charge in [0.05, 0.1) is 5.56 Å². The zero-order valence-corrected chi connectivity index (χ0v) is 9.18. The van der Waals surface area contributed by atoms with Crippen LogP contribution >= 0.6 is 0 Å². The molecule has 17 heavy (non-hydrogen) atoms. The third-order valence-electron chi connectivity index (χ3n) is 2.29. The van der Waals surface area contributed by atoms with Crippen molar-refractivity contribution in [3.05, 3.63) is 53.5 Å². The second kappa shape index (κ2) is 4.74. The predicted octanol–water partition coefficient (Wildman–Crippen LogP) is 3.13. The molecule has 3 nitrogen and oxygen atoms in total. The van der Waals surface area contributed by atoms with Gasteiger partial charge in [0.2, 0.25) is 5.88 Å². The van der Waals surface area contributed by atoms with Crippen molar-refractivity contribution in [2.75, 3.05) is 0 Å². The summed E-state index contributed by atoms with van der Waals surface area (Å²) in [6.45, 7) is 1.64. The third kappa shape index (κ3) is 2.30. The summed E-state index contributed by atoms with van der Waals surface area (Å²) in [7, 11) is 0. The van der Waals surface area contributed by atoms with Crippen molar-refractivity contribution >= 4 is 6.29 Å². The van der Waals surface area contributed by atoms with Crippen LogP contribution in [0.25, 0.3) is 0 Å². The molecule has 86 valence electrons. The van der Waals surface area contributed by atoms with E-state index in [9.17, 15) is 9.18 Å². The molecular weight excluding hydrogens is 221 g/mol. The molecule has 0 atom stereocenters. The first kappa shape index (κ1) is 11.3. The molecule has 0 amide bonds. The van der Waals surface area contributed by atoms with Gasteiger partial charge < -0.3 is 4.74 Å². The van der Waals surface area contributed by atoms with Crippen LogP contribution in [0.15, 0.2) is 36.5 Å². The minimum atomic E-state index is -0.449. The maximum Gasteiger partial charge on any atom is 0.229 e. The first-order chi connectivity index (χ1) is 8.22. The lowest BCUT2D eigenvalue weighted by Crippen LogP contribution is -1.96. The van der Waals surface area contributed by atoms with Crippen LogP contribution in [-0.2, 0) is 0 Å². The fourth-order valence-corrected chi connectivity index (χ4v) is 1.38. The van der Waals surface area contributed by atoms with Gasteiger partial charge in [-0.2, -0.15) is 0 Å². The monoisotopic (exact) mass is 231 g/mol. The maximum absolute atomic E-state index is 13.7. The number of nitrogens with zero attached hydrogens (tertiary/aromatic N) is 1. The summed E-state index contributed by atoms with van der Waals surface area (Å²) < 4.78 is 19.0. The number of pyridine rings is 1. The van der Waals surface area contributed by atoms with Gasteiger partial charge in [0, 0.05) is 6.20 Å². The van der Waals surface area contributed by atoms with Gasteiger partial charge in [0.15, 0.2) is 17.9 Å². The van der Waals surface area contributed by atoms with Crippen molar-refractivity contribution < 1.29 is 13.9 Å². The lowest BCUT2D eigenvalue weighted by atomic mass is 10.2. The zero-order chi connectivity index (χ0) is 12.3. The van der Waals surface area contributed by atoms with Crippen LogP contribution in [0.2, 0.25) is 0 Å². The van der Waals surface area contributed by atoms with E-state index in [1.165, 1.54) is 12.3 Å². The van der Waals surface area contributed by atoms with Gasteiger partial charge in [-0.15, -0.1) is 0 Å². The minimum Gasteiger partial charge on any atom is -0.435 e. The summed E-state index contributed by atoms with van der Waals surface area (Å²) in [5.74, 6) is -0.284. The van der Waals surface area contributed by atoms with Gasteiger partial charge in [-0.05, 0) is 30.7 Å². The number of ether oxygens (including phenoxy) is 1. The summed E-state index contributed by atoms with van der Waals surface area (Å²) in [5, 5.41) is 0. The van der Waals surface area contributed by atoms with Crippen molar-refractivity contribution in [1.29, 1.82) is 0 Å². The van der Waals surface area contributed by atoms with E-state index in [-0.39, 0.29) is 17.2 Å². The first-order valence-electron chi connectivity index (χ1n) is 5.05. The maximum atomic E-state index is 13.7. The Morgan fingerprint density at radius 1 is 1.29 bits per heavy atom. The van der Waals surface area contributed by atoms with Crippen LogP contribution in [0.5, 0.6) is 11.6 Å². The molecule has 1 heterocycles. The standard InChI is InChI=1S/C13H10FNO2/c1-9-4-2-6-11(12(9)14)17-13-10(8-16)5-3-7-15-13/h2-8H,1H3. The summed E-state index contributed by atoms with van der Waals surface area (Å²) in [6.07, 6.45) is 2.10. The molecule has 0 unspecified atom stereocenters. The van der Waals surface area contributed by atoms with Gasteiger partial charge in [0.1, 0.15) is 0 Å². The van der Waals surface area contributed by atoms with Crippen molar-refractivity contribution in [3.8, 4) is 11.6 Å². The van der Waals surface area contributed by atoms with Crippen molar-refractivity contribution in [3.63, 3.8) is 0 Å². The topological polar surface area (TPSA) is 39.2 Å². The number of aromatic nitrogens is 1. The summed E-state index contributed by atoms with van der Waals surface area (Å²) >= 11 is 0. The Labute approximate surface area is 97.9 Å². The number of rotatable bonds is 3. The van der Waals surface area contributed by atoms with E-state index in [4.69, 9.17) is 4.74 Å². The molecule has 0 saturated heterocycles. The SMILES string of the molecule is Cc1cccc(Oc2ncccc2C=O)c1F. The number of carbonyl (C=O) groups is 1. The molecule has 2 rings (SSSR count). The minimum absolute atomic E-state index is 0.0619. The second-order valence-electron chi connectivity index (χ2n) is 3.50. The zero-order valence-electron chi connectivity index (χ0n) is 9.18. The highest BCUT2D eigenvalue weighted by Gasteiger charge is 2.10. The Hall–Kier alpha value is -2.23. The Morgan fingerprint density at radius 3 is 2.88 bits per heavy atom. The van der Waals surface area contributed by atoms with Crippen LogP contribution in [0.1, 0.15) is 15.9 Å². The smallest absolute Gasteiger partial charge is 0.229 e. The highest BCUT2D eigenvalue weighted by atomic mass is 19.1. The highest BCUT2D eigenvalue weighted by Crippen LogP contribution is 2.26. The quantitative estimate of drug-likeness (QED) is 0.762. The molecule has 0 radical (unpaired) electrons. The van der Waals surface area contributed by atoms with E-state index < -0.39 is 5.82 Å². The molecule has 0 aliphatic heterocycles. The normalized spacial score (nSPS) is 10.0. The summed E-state index contributed by atoms with van der Waals surface area (Å²) in [5.41, 5.74) is 0.763. The molecule has 0 N–H and O–H groups in total. The number of aryl methyl sites for hydroxylation is 1. The fourth-order valence-electron chi connectivity index (χ4n) is 1.38. The van der Waals surface area contributed by atoms with Crippen molar-refractivity contribution in [2.24, 2.45) is 0 Å². The number of halogens is 1. The molecule has 1 aromatic carbocycles. The van der Waals surface area contributed by atoms with Gasteiger partial charge in [-0.3, -0.25) is 4.79 Å². The van der Waals surface area contributed by atoms with E-state index in [0.717, 1.165) is 0 Å². The Balaban J connectivity index is 2.38. The van der Waals surface area contributed by atoms with Crippen LogP contribution < -0.4 is 4.74 Å². The van der Waals surface area contributed by atoms with Gasteiger partial charge in [0.25, 0.3) is 0 Å². The molecule has 4 heteroatoms. The Morgan fingerprint density at radius 2 is 2.12 bits per heavy atom. The van der Waals surface area contributed by atoms with E-state index >= 15 is 0 Å². The number of hydrogen-bond acceptors (Lipinski definition) is 3. The van der Waals surface area contributed by atoms with E-state index in [1.807, 2.05) is 0 Å². The third-order valence-corrected chi connectivity index (χ3v) is 2.29. The van der Waals surface area contributed by atoms with Crippen LogP contribution in [0.4, 0.5) is 4.39 Å². The van der Waals surface area contributed by atoms with E-state index in [0.29, 0.717) is 11.8 Å². The second-order valence-corrected chi connectivity index (χ2v) is 3.50. The van der Waals surface area contributed by atoms with Gasteiger partial charge >= 0.3 is 0 Å². The molecule has 2 aromatic rings. The highest BCUT2D eigenvalue weighted by molar-refractivity contribution is 5.78. The number of carbonyl (C=O) groups excluding carboxylic acids is 1. The molecule has 0 spiro atoms. The lowest BCUT2D eigenvalue weighted by molar-refractivity contribution is 0.112. The summed E-state index contributed by atoms with van der Waals surface area (Å²) in [6, 6.07) is 7.98. The van der Waals surface area contributed by atoms with Crippen LogP contribution in [0, 0.1) is 12.7 Å². The molecule has 0 bridgehead atoms. The molecule has 0 fully saturated rings. The Kier molecular flexibility index (Phi) is 3.14. The molecule has 0 aliphatic rings. The average molecular weight is 231 g/mol. The Bertz CT molecular complexity index is 555. The van der Waals surface area contributed by atoms with Crippen LogP contribution in [-0.4, -0.2) is 11.3 Å². The molecule has 0 aliphatic carbocycles. The van der Waals surface area contributed by atoms with Crippen molar-refractivity contribution in [2.45, 2.75) is 6.92 Å². The fraction of sp³-hybridized carbons (Fsp3) is 0.0769. The largest absolute Gasteiger partial charge is 0.435 e. The van der Waals surface area contributed by atoms with Crippen LogP contribution in [0.3, 0.4) is 0 Å². The van der Waals surface area contributed by atoms with E-state index in [2.05, 4.69) is 4.98 Å². The van der Waals surface area contributed by atoms with Gasteiger partial charge in [-0.1, -0.05) is 12.1 Å². The summed E-state index contributed by atoms with van der Waals surface area (Å²) in [4.78, 5) is 14.7. The lowest BCUT2D eigenvalue weighted by Gasteiger charge is -2.08. The molecular formula is C13H10FNO2. The number of aldehydes is 1. The molecule has 0 saturated carbocycles. The number of benzene rings is 1.